The number of rotatable bonds is 7. The Hall–Kier alpha value is -0.450. The fraction of sp³-hybridized carbons (Fsp3) is 0.571. The van der Waals surface area contributed by atoms with Crippen LogP contribution in [-0.2, 0) is 0 Å². The third-order valence-electron chi connectivity index (χ3n) is 3.01. The third-order valence-corrected chi connectivity index (χ3v) is 3.80. The van der Waals surface area contributed by atoms with Gasteiger partial charge in [0.1, 0.15) is 16.0 Å². The second-order valence-corrected chi connectivity index (χ2v) is 5.13. The molecule has 0 aliphatic carbocycles. The highest BCUT2D eigenvalue weighted by Crippen LogP contribution is 2.37. The minimum atomic E-state index is 0. The summed E-state index contributed by atoms with van der Waals surface area (Å²) in [5.41, 5.74) is 7.26. The fourth-order valence-corrected chi connectivity index (χ4v) is 2.44. The van der Waals surface area contributed by atoms with Crippen molar-refractivity contribution < 1.29 is 9.47 Å². The zero-order valence-electron chi connectivity index (χ0n) is 11.7. The van der Waals surface area contributed by atoms with Crippen LogP contribution < -0.4 is 15.2 Å². The molecule has 0 aliphatic rings. The fourth-order valence-electron chi connectivity index (χ4n) is 1.88. The minimum Gasteiger partial charge on any atom is -0.495 e. The maximum absolute atomic E-state index is 6.21. The molecule has 0 saturated heterocycles. The lowest BCUT2D eigenvalue weighted by Gasteiger charge is -2.16. The molecular weight excluding hydrogens is 330 g/mol. The summed E-state index contributed by atoms with van der Waals surface area (Å²) in [5, 5.41) is 0. The largest absolute Gasteiger partial charge is 0.495 e. The van der Waals surface area contributed by atoms with Gasteiger partial charge in [-0.05, 0) is 40.0 Å². The van der Waals surface area contributed by atoms with E-state index in [0.29, 0.717) is 0 Å². The molecule has 0 aromatic heterocycles. The molecule has 2 N–H and O–H groups in total. The van der Waals surface area contributed by atoms with Gasteiger partial charge in [0, 0.05) is 6.04 Å². The van der Waals surface area contributed by atoms with Gasteiger partial charge < -0.3 is 15.2 Å². The first-order valence-electron chi connectivity index (χ1n) is 6.31. The van der Waals surface area contributed by atoms with Crippen LogP contribution in [0.25, 0.3) is 0 Å². The standard InChI is InChI=1S/C14H22BrNO2.ClH/c1-4-5-6-7-11(16)10-8-12(17-2)14(15)13(9-10)18-3;/h8-9,11H,4-7,16H2,1-3H3;1H/t11-;/m1./s1. The first-order chi connectivity index (χ1) is 8.63. The number of methoxy groups -OCH3 is 2. The summed E-state index contributed by atoms with van der Waals surface area (Å²) in [7, 11) is 3.29. The van der Waals surface area contributed by atoms with Crippen LogP contribution in [0.5, 0.6) is 11.5 Å². The lowest BCUT2D eigenvalue weighted by atomic mass is 10.0. The SMILES string of the molecule is CCCCC[C@@H](N)c1cc(OC)c(Br)c(OC)c1.Cl. The number of halogens is 2. The first kappa shape index (κ1) is 18.6. The molecule has 0 radical (unpaired) electrons. The van der Waals surface area contributed by atoms with Gasteiger partial charge in [0.2, 0.25) is 0 Å². The normalized spacial score (nSPS) is 11.6. The van der Waals surface area contributed by atoms with Crippen LogP contribution in [0.1, 0.15) is 44.2 Å². The second-order valence-electron chi connectivity index (χ2n) is 4.34. The molecule has 0 fully saturated rings. The number of hydrogen-bond donors (Lipinski definition) is 1. The van der Waals surface area contributed by atoms with Crippen molar-refractivity contribution >= 4 is 28.3 Å². The summed E-state index contributed by atoms with van der Waals surface area (Å²) in [6.07, 6.45) is 4.57. The molecule has 0 bridgehead atoms. The second kappa shape index (κ2) is 9.45. The van der Waals surface area contributed by atoms with Gasteiger partial charge in [-0.25, -0.2) is 0 Å². The summed E-state index contributed by atoms with van der Waals surface area (Å²) in [6.45, 7) is 2.19. The van der Waals surface area contributed by atoms with Crippen molar-refractivity contribution in [2.75, 3.05) is 14.2 Å². The summed E-state index contributed by atoms with van der Waals surface area (Å²) in [6, 6.07) is 3.99. The van der Waals surface area contributed by atoms with Crippen molar-refractivity contribution in [1.82, 2.24) is 0 Å². The van der Waals surface area contributed by atoms with Crippen molar-refractivity contribution in [2.24, 2.45) is 5.73 Å². The molecule has 1 aromatic rings. The summed E-state index contributed by atoms with van der Waals surface area (Å²) in [4.78, 5) is 0. The number of nitrogens with two attached hydrogens (primary N) is 1. The Morgan fingerprint density at radius 3 is 2.11 bits per heavy atom. The molecule has 0 spiro atoms. The average molecular weight is 353 g/mol. The number of unbranched alkanes of at least 4 members (excludes halogenated alkanes) is 2. The topological polar surface area (TPSA) is 44.5 Å². The van der Waals surface area contributed by atoms with Crippen LogP contribution >= 0.6 is 28.3 Å². The van der Waals surface area contributed by atoms with Crippen LogP contribution in [-0.4, -0.2) is 14.2 Å². The molecule has 1 aromatic carbocycles. The molecule has 0 unspecified atom stereocenters. The Kier molecular flexibility index (Phi) is 9.23. The van der Waals surface area contributed by atoms with E-state index in [1.165, 1.54) is 12.8 Å². The smallest absolute Gasteiger partial charge is 0.137 e. The summed E-state index contributed by atoms with van der Waals surface area (Å²) in [5.74, 6) is 1.52. The van der Waals surface area contributed by atoms with Crippen LogP contribution in [0, 0.1) is 0 Å². The van der Waals surface area contributed by atoms with Crippen LogP contribution in [0.15, 0.2) is 16.6 Å². The van der Waals surface area contributed by atoms with Crippen LogP contribution in [0.4, 0.5) is 0 Å². The first-order valence-corrected chi connectivity index (χ1v) is 7.10. The minimum absolute atomic E-state index is 0. The van der Waals surface area contributed by atoms with E-state index in [2.05, 4.69) is 22.9 Å². The highest BCUT2D eigenvalue weighted by molar-refractivity contribution is 9.10. The van der Waals surface area contributed by atoms with Crippen LogP contribution in [0.2, 0.25) is 0 Å². The molecule has 0 aliphatic heterocycles. The van der Waals surface area contributed by atoms with Gasteiger partial charge in [-0.2, -0.15) is 0 Å². The molecule has 19 heavy (non-hydrogen) atoms. The van der Waals surface area contributed by atoms with E-state index in [1.807, 2.05) is 12.1 Å². The lowest BCUT2D eigenvalue weighted by Crippen LogP contribution is -2.10. The van der Waals surface area contributed by atoms with E-state index in [4.69, 9.17) is 15.2 Å². The van der Waals surface area contributed by atoms with Gasteiger partial charge in [-0.15, -0.1) is 12.4 Å². The number of benzene rings is 1. The zero-order chi connectivity index (χ0) is 13.5. The Bertz CT molecular complexity index is 363. The van der Waals surface area contributed by atoms with Gasteiger partial charge in [0.05, 0.1) is 14.2 Å². The Morgan fingerprint density at radius 2 is 1.68 bits per heavy atom. The van der Waals surface area contributed by atoms with Crippen molar-refractivity contribution in [3.8, 4) is 11.5 Å². The molecule has 1 atom stereocenters. The van der Waals surface area contributed by atoms with Crippen molar-refractivity contribution in [1.29, 1.82) is 0 Å². The average Bonchev–Trinajstić information content (AvgIpc) is 2.39. The lowest BCUT2D eigenvalue weighted by molar-refractivity contribution is 0.387. The molecule has 5 heteroatoms. The predicted molar refractivity (Wildman–Crippen MR) is 85.6 cm³/mol. The number of ether oxygens (including phenoxy) is 2. The van der Waals surface area contributed by atoms with Crippen molar-refractivity contribution in [3.05, 3.63) is 22.2 Å². The van der Waals surface area contributed by atoms with E-state index in [-0.39, 0.29) is 18.4 Å². The van der Waals surface area contributed by atoms with Gasteiger partial charge in [-0.3, -0.25) is 0 Å². The summed E-state index contributed by atoms with van der Waals surface area (Å²) >= 11 is 3.46. The maximum Gasteiger partial charge on any atom is 0.137 e. The van der Waals surface area contributed by atoms with Gasteiger partial charge in [0.15, 0.2) is 0 Å². The van der Waals surface area contributed by atoms with Crippen molar-refractivity contribution in [2.45, 2.75) is 38.6 Å². The monoisotopic (exact) mass is 351 g/mol. The van der Waals surface area contributed by atoms with Gasteiger partial charge in [-0.1, -0.05) is 26.2 Å². The van der Waals surface area contributed by atoms with Gasteiger partial charge in [0.25, 0.3) is 0 Å². The Balaban J connectivity index is 0.00000324. The van der Waals surface area contributed by atoms with E-state index in [9.17, 15) is 0 Å². The Morgan fingerprint density at radius 1 is 1.16 bits per heavy atom. The van der Waals surface area contributed by atoms with Gasteiger partial charge >= 0.3 is 0 Å². The quantitative estimate of drug-likeness (QED) is 0.736. The third kappa shape index (κ3) is 5.21. The Labute approximate surface area is 130 Å². The van der Waals surface area contributed by atoms with E-state index in [1.54, 1.807) is 14.2 Å². The highest BCUT2D eigenvalue weighted by Gasteiger charge is 2.14. The number of hydrogen-bond acceptors (Lipinski definition) is 3. The predicted octanol–water partition coefficient (Wildman–Crippen LogP) is 4.47. The van der Waals surface area contributed by atoms with E-state index < -0.39 is 0 Å². The van der Waals surface area contributed by atoms with E-state index >= 15 is 0 Å². The molecule has 0 amide bonds. The maximum atomic E-state index is 6.21. The molecule has 3 nitrogen and oxygen atoms in total. The van der Waals surface area contributed by atoms with E-state index in [0.717, 1.165) is 34.4 Å². The van der Waals surface area contributed by atoms with Crippen LogP contribution in [0.3, 0.4) is 0 Å². The molecular formula is C14H23BrClNO2. The molecule has 0 saturated carbocycles. The summed E-state index contributed by atoms with van der Waals surface area (Å²) < 4.78 is 11.5. The molecule has 1 rings (SSSR count). The highest BCUT2D eigenvalue weighted by atomic mass is 79.9. The van der Waals surface area contributed by atoms with Crippen molar-refractivity contribution in [3.63, 3.8) is 0 Å². The molecule has 0 heterocycles. The molecule has 110 valence electrons. The zero-order valence-corrected chi connectivity index (χ0v) is 14.1.